The Labute approximate surface area is 340 Å². The van der Waals surface area contributed by atoms with E-state index in [9.17, 15) is 18.0 Å². The Bertz CT molecular complexity index is 2280. The fourth-order valence-electron chi connectivity index (χ4n) is 8.13. The molecule has 16 heteroatoms. The second kappa shape index (κ2) is 17.2. The molecule has 3 saturated heterocycles. The number of aromatic nitrogens is 2. The number of piperidine rings is 2. The number of likely N-dealkylation sites (tertiary alicyclic amines) is 2. The van der Waals surface area contributed by atoms with Gasteiger partial charge in [0.15, 0.2) is 0 Å². The van der Waals surface area contributed by atoms with Crippen molar-refractivity contribution in [1.29, 1.82) is 0 Å². The number of nitrogens with one attached hydrogen (secondary N) is 3. The van der Waals surface area contributed by atoms with Gasteiger partial charge in [-0.15, -0.1) is 0 Å². The lowest BCUT2D eigenvalue weighted by Gasteiger charge is -2.47. The summed E-state index contributed by atoms with van der Waals surface area (Å²) in [5.41, 5.74) is 4.20. The molecule has 58 heavy (non-hydrogen) atoms. The van der Waals surface area contributed by atoms with Gasteiger partial charge < -0.3 is 34.8 Å². The number of methoxy groups -OCH3 is 1. The van der Waals surface area contributed by atoms with E-state index in [-0.39, 0.29) is 22.2 Å². The third-order valence-corrected chi connectivity index (χ3v) is 13.1. The zero-order valence-electron chi connectivity index (χ0n) is 33.7. The van der Waals surface area contributed by atoms with Crippen LogP contribution < -0.4 is 34.6 Å². The predicted molar refractivity (Wildman–Crippen MR) is 226 cm³/mol. The maximum Gasteiger partial charge on any atom is 0.326 e. The van der Waals surface area contributed by atoms with Crippen LogP contribution in [0.25, 0.3) is 10.9 Å². The van der Waals surface area contributed by atoms with E-state index in [1.807, 2.05) is 42.1 Å². The van der Waals surface area contributed by atoms with Crippen molar-refractivity contribution in [3.8, 4) is 11.5 Å². The summed E-state index contributed by atoms with van der Waals surface area (Å²) in [4.78, 5) is 43.4. The van der Waals surface area contributed by atoms with Crippen LogP contribution in [-0.4, -0.2) is 114 Å². The topological polar surface area (TPSA) is 162 Å². The van der Waals surface area contributed by atoms with E-state index in [0.29, 0.717) is 59.3 Å². The van der Waals surface area contributed by atoms with E-state index in [1.165, 1.54) is 13.4 Å². The Morgan fingerprint density at radius 2 is 1.74 bits per heavy atom. The zero-order valence-corrected chi connectivity index (χ0v) is 34.5. The van der Waals surface area contributed by atoms with Gasteiger partial charge in [0.05, 0.1) is 41.2 Å². The first-order valence-corrected chi connectivity index (χ1v) is 21.2. The molecule has 0 unspecified atom stereocenters. The van der Waals surface area contributed by atoms with Crippen molar-refractivity contribution in [3.05, 3.63) is 78.8 Å². The Morgan fingerprint density at radius 1 is 0.983 bits per heavy atom. The molecular weight excluding hydrogens is 759 g/mol. The van der Waals surface area contributed by atoms with E-state index >= 15 is 0 Å². The van der Waals surface area contributed by atoms with Crippen LogP contribution >= 0.6 is 0 Å². The van der Waals surface area contributed by atoms with Crippen LogP contribution in [0.15, 0.2) is 78.1 Å². The largest absolute Gasteiger partial charge is 0.495 e. The molecule has 0 saturated carbocycles. The average Bonchev–Trinajstić information content (AvgIpc) is 3.23. The Balaban J connectivity index is 0.881. The van der Waals surface area contributed by atoms with Gasteiger partial charge in [-0.05, 0) is 106 Å². The molecule has 3 aromatic carbocycles. The van der Waals surface area contributed by atoms with Gasteiger partial charge in [-0.25, -0.2) is 27.9 Å². The summed E-state index contributed by atoms with van der Waals surface area (Å²) in [5, 5.41) is 6.89. The Hall–Kier alpha value is -5.45. The number of rotatable bonds is 13. The van der Waals surface area contributed by atoms with Crippen LogP contribution in [0.1, 0.15) is 48.9 Å². The molecule has 0 radical (unpaired) electrons. The third-order valence-electron chi connectivity index (χ3n) is 11.7. The molecule has 4 aromatic rings. The lowest BCUT2D eigenvalue weighted by molar-refractivity contribution is 0.0294. The first-order chi connectivity index (χ1) is 27.9. The molecule has 4 heterocycles. The SMILES string of the molecule is C=C1CCN(c2cc(C(=O)N3CCC4(CCN(CCCOc5ccc6c(Nc7cc(S(=O)(=O)NC)ccc7N(C)C)ncnc6c5)CC4)CC3)ccc2OC)C(=O)N1. The lowest BCUT2D eigenvalue weighted by Crippen LogP contribution is -2.48. The number of sulfonamides is 1. The van der Waals surface area contributed by atoms with Gasteiger partial charge in [0.2, 0.25) is 10.0 Å². The molecule has 0 atom stereocenters. The van der Waals surface area contributed by atoms with Gasteiger partial charge in [-0.1, -0.05) is 6.58 Å². The Kier molecular flexibility index (Phi) is 12.1. The quantitative estimate of drug-likeness (QED) is 0.145. The smallest absolute Gasteiger partial charge is 0.326 e. The lowest BCUT2D eigenvalue weighted by atomic mass is 9.71. The van der Waals surface area contributed by atoms with Crippen molar-refractivity contribution >= 4 is 55.7 Å². The monoisotopic (exact) mass is 811 g/mol. The summed E-state index contributed by atoms with van der Waals surface area (Å²) in [6, 6.07) is 15.7. The highest BCUT2D eigenvalue weighted by atomic mass is 32.2. The second-order valence-electron chi connectivity index (χ2n) is 15.5. The molecule has 3 aliphatic rings. The number of anilines is 4. The van der Waals surface area contributed by atoms with Gasteiger partial charge in [0.1, 0.15) is 23.6 Å². The second-order valence-corrected chi connectivity index (χ2v) is 17.4. The maximum atomic E-state index is 13.7. The van der Waals surface area contributed by atoms with E-state index in [0.717, 1.165) is 81.7 Å². The van der Waals surface area contributed by atoms with Gasteiger partial charge in [-0.2, -0.15) is 0 Å². The number of hydrogen-bond donors (Lipinski definition) is 3. The van der Waals surface area contributed by atoms with E-state index in [1.54, 1.807) is 48.4 Å². The highest BCUT2D eigenvalue weighted by molar-refractivity contribution is 7.89. The number of nitrogens with zero attached hydrogens (tertiary/aromatic N) is 6. The minimum atomic E-state index is -3.64. The average molecular weight is 812 g/mol. The van der Waals surface area contributed by atoms with Crippen molar-refractivity contribution in [1.82, 2.24) is 29.8 Å². The minimum absolute atomic E-state index is 0.0156. The molecule has 7 rings (SSSR count). The fourth-order valence-corrected chi connectivity index (χ4v) is 8.89. The van der Waals surface area contributed by atoms with Gasteiger partial charge in [-0.3, -0.25) is 9.69 Å². The molecule has 3 N–H and O–H groups in total. The minimum Gasteiger partial charge on any atom is -0.495 e. The summed E-state index contributed by atoms with van der Waals surface area (Å²) in [6.45, 7) is 9.36. The number of fused-ring (bicyclic) bond motifs is 1. The van der Waals surface area contributed by atoms with Crippen molar-refractivity contribution in [3.63, 3.8) is 0 Å². The number of amides is 3. The first kappa shape index (κ1) is 40.7. The van der Waals surface area contributed by atoms with Gasteiger partial charge in [0, 0.05) is 69.4 Å². The number of urea groups is 1. The molecule has 308 valence electrons. The van der Waals surface area contributed by atoms with E-state index < -0.39 is 10.0 Å². The maximum absolute atomic E-state index is 13.7. The van der Waals surface area contributed by atoms with E-state index in [2.05, 4.69) is 36.8 Å². The summed E-state index contributed by atoms with van der Waals surface area (Å²) in [5.74, 6) is 1.81. The highest BCUT2D eigenvalue weighted by Crippen LogP contribution is 2.42. The summed E-state index contributed by atoms with van der Waals surface area (Å²) >= 11 is 0. The van der Waals surface area contributed by atoms with Crippen LogP contribution in [0.2, 0.25) is 0 Å². The van der Waals surface area contributed by atoms with E-state index in [4.69, 9.17) is 9.47 Å². The number of benzene rings is 3. The van der Waals surface area contributed by atoms with Crippen molar-refractivity contribution in [2.45, 2.75) is 43.4 Å². The van der Waals surface area contributed by atoms with Gasteiger partial charge in [0.25, 0.3) is 5.91 Å². The molecule has 15 nitrogen and oxygen atoms in total. The summed E-state index contributed by atoms with van der Waals surface area (Å²) in [7, 11) is 3.11. The van der Waals surface area contributed by atoms with Crippen molar-refractivity contribution < 1.29 is 27.5 Å². The van der Waals surface area contributed by atoms with Crippen LogP contribution in [-0.2, 0) is 10.0 Å². The summed E-state index contributed by atoms with van der Waals surface area (Å²) < 4.78 is 39.1. The van der Waals surface area contributed by atoms with Crippen molar-refractivity contribution in [2.75, 3.05) is 89.2 Å². The molecule has 1 spiro atoms. The number of ether oxygens (including phenoxy) is 2. The molecule has 0 bridgehead atoms. The number of carbonyl (C=O) groups is 2. The number of hydrogen-bond acceptors (Lipinski definition) is 11. The zero-order chi connectivity index (χ0) is 41.0. The molecule has 3 aliphatic heterocycles. The third kappa shape index (κ3) is 8.83. The molecule has 3 fully saturated rings. The van der Waals surface area contributed by atoms with Crippen LogP contribution in [0.5, 0.6) is 11.5 Å². The number of carbonyl (C=O) groups excluding carboxylic acids is 2. The Morgan fingerprint density at radius 3 is 2.45 bits per heavy atom. The molecular formula is C42H53N9O6S. The normalized spacial score (nSPS) is 17.3. The first-order valence-electron chi connectivity index (χ1n) is 19.7. The molecule has 0 aliphatic carbocycles. The predicted octanol–water partition coefficient (Wildman–Crippen LogP) is 5.58. The van der Waals surface area contributed by atoms with Crippen LogP contribution in [0.3, 0.4) is 0 Å². The fraction of sp³-hybridized carbons (Fsp3) is 0.429. The summed E-state index contributed by atoms with van der Waals surface area (Å²) in [6.07, 6.45) is 7.20. The highest BCUT2D eigenvalue weighted by Gasteiger charge is 2.39. The standard InChI is InChI=1S/C42H53N9O6S/c1-29-13-19-51(41(53)46-29)37-25-30(7-12-38(37)56-5)40(52)50-22-16-42(17-23-50)14-20-49(21-15-42)18-6-24-57-31-8-10-33-34(26-31)44-28-45-39(33)47-35-27-32(58(54,55)43-2)9-11-36(35)48(3)4/h7-12,25-28,43H,1,6,13-24H2,2-5H3,(H,46,53)(H,44,45,47). The molecule has 3 amide bonds. The van der Waals surface area contributed by atoms with Gasteiger partial charge >= 0.3 is 6.03 Å². The van der Waals surface area contributed by atoms with Crippen LogP contribution in [0, 0.1) is 5.41 Å². The molecule has 1 aromatic heterocycles. The van der Waals surface area contributed by atoms with Crippen molar-refractivity contribution in [2.24, 2.45) is 5.41 Å². The van der Waals surface area contributed by atoms with Crippen LogP contribution in [0.4, 0.5) is 27.7 Å².